The molecule has 2 heterocycles. The summed E-state index contributed by atoms with van der Waals surface area (Å²) in [6.07, 6.45) is 4.41. The monoisotopic (exact) mass is 395 g/mol. The molecule has 2 aromatic carbocycles. The van der Waals surface area contributed by atoms with Crippen molar-refractivity contribution >= 4 is 23.2 Å². The van der Waals surface area contributed by atoms with Gasteiger partial charge in [0.1, 0.15) is 11.9 Å². The number of hydrogen-bond donors (Lipinski definition) is 3. The lowest BCUT2D eigenvalue weighted by Gasteiger charge is -2.12. The first kappa shape index (κ1) is 18.7. The summed E-state index contributed by atoms with van der Waals surface area (Å²) < 4.78 is 2.08. The average Bonchev–Trinajstić information content (AvgIpc) is 3.33. The minimum Gasteiger partial charge on any atom is -0.331 e. The number of halogens is 1. The Bertz CT molecular complexity index is 969. The van der Waals surface area contributed by atoms with Gasteiger partial charge in [-0.2, -0.15) is 0 Å². The van der Waals surface area contributed by atoms with Crippen LogP contribution in [0.15, 0.2) is 60.9 Å². The van der Waals surface area contributed by atoms with E-state index in [1.807, 2.05) is 61.7 Å². The molecule has 0 bridgehead atoms. The van der Waals surface area contributed by atoms with Gasteiger partial charge in [0.05, 0.1) is 0 Å². The third-order valence-corrected chi connectivity index (χ3v) is 5.20. The molecular weight excluding hydrogens is 374 g/mol. The van der Waals surface area contributed by atoms with E-state index >= 15 is 0 Å². The highest BCUT2D eigenvalue weighted by Crippen LogP contribution is 2.25. The van der Waals surface area contributed by atoms with Gasteiger partial charge in [-0.1, -0.05) is 35.9 Å². The molecule has 4 rings (SSSR count). The first-order chi connectivity index (χ1) is 13.6. The van der Waals surface area contributed by atoms with Gasteiger partial charge in [-0.3, -0.25) is 4.79 Å². The second-order valence-corrected chi connectivity index (χ2v) is 7.41. The predicted octanol–water partition coefficient (Wildman–Crippen LogP) is 3.44. The van der Waals surface area contributed by atoms with Gasteiger partial charge < -0.3 is 9.88 Å². The van der Waals surface area contributed by atoms with Crippen molar-refractivity contribution in [1.29, 1.82) is 0 Å². The Labute approximate surface area is 168 Å². The van der Waals surface area contributed by atoms with Crippen LogP contribution in [0.2, 0.25) is 5.02 Å². The van der Waals surface area contributed by atoms with Crippen LogP contribution in [0.4, 0.5) is 5.69 Å². The van der Waals surface area contributed by atoms with Crippen molar-refractivity contribution in [3.63, 3.8) is 0 Å². The Balaban J connectivity index is 1.34. The molecule has 3 N–H and O–H groups in total. The van der Waals surface area contributed by atoms with Crippen LogP contribution in [0, 0.1) is 6.92 Å². The number of carbonyl (C=O) groups is 1. The van der Waals surface area contributed by atoms with E-state index in [0.717, 1.165) is 29.2 Å². The topological polar surface area (TPSA) is 71.0 Å². The first-order valence-electron chi connectivity index (χ1n) is 9.22. The molecule has 0 aliphatic carbocycles. The van der Waals surface area contributed by atoms with Crippen molar-refractivity contribution < 1.29 is 4.79 Å². The van der Waals surface area contributed by atoms with Crippen LogP contribution < -0.4 is 16.2 Å². The second-order valence-electron chi connectivity index (χ2n) is 6.97. The maximum absolute atomic E-state index is 12.6. The SMILES string of the molecule is Cc1nccn1Cc1ccc(NC(=O)C2CC(c3cccc(Cl)c3)NN2)cc1. The smallest absolute Gasteiger partial charge is 0.242 e. The van der Waals surface area contributed by atoms with Gasteiger partial charge in [-0.25, -0.2) is 15.8 Å². The molecule has 144 valence electrons. The number of nitrogens with zero attached hydrogens (tertiary/aromatic N) is 2. The molecule has 1 amide bonds. The zero-order chi connectivity index (χ0) is 19.5. The summed E-state index contributed by atoms with van der Waals surface area (Å²) in [5, 5.41) is 3.67. The Kier molecular flexibility index (Phi) is 5.43. The van der Waals surface area contributed by atoms with E-state index in [1.165, 1.54) is 0 Å². The third kappa shape index (κ3) is 4.25. The fourth-order valence-electron chi connectivity index (χ4n) is 3.36. The zero-order valence-electron chi connectivity index (χ0n) is 15.5. The normalized spacial score (nSPS) is 18.9. The Hall–Kier alpha value is -2.67. The average molecular weight is 396 g/mol. The van der Waals surface area contributed by atoms with Gasteiger partial charge >= 0.3 is 0 Å². The number of rotatable bonds is 5. The van der Waals surface area contributed by atoms with E-state index in [-0.39, 0.29) is 18.0 Å². The summed E-state index contributed by atoms with van der Waals surface area (Å²) in [6.45, 7) is 2.74. The Morgan fingerprint density at radius 3 is 2.79 bits per heavy atom. The van der Waals surface area contributed by atoms with Crippen LogP contribution in [0.5, 0.6) is 0 Å². The number of amides is 1. The zero-order valence-corrected chi connectivity index (χ0v) is 16.3. The van der Waals surface area contributed by atoms with Crippen LogP contribution in [0.3, 0.4) is 0 Å². The Morgan fingerprint density at radius 1 is 1.25 bits per heavy atom. The molecule has 28 heavy (non-hydrogen) atoms. The van der Waals surface area contributed by atoms with E-state index in [0.29, 0.717) is 11.4 Å². The lowest BCUT2D eigenvalue weighted by Crippen LogP contribution is -2.39. The lowest BCUT2D eigenvalue weighted by atomic mass is 10.0. The second kappa shape index (κ2) is 8.14. The van der Waals surface area contributed by atoms with Crippen LogP contribution in [0.25, 0.3) is 0 Å². The third-order valence-electron chi connectivity index (χ3n) is 4.97. The number of hydrazine groups is 1. The number of anilines is 1. The highest BCUT2D eigenvalue weighted by Gasteiger charge is 2.30. The summed E-state index contributed by atoms with van der Waals surface area (Å²) in [7, 11) is 0. The molecule has 3 aromatic rings. The molecule has 1 saturated heterocycles. The van der Waals surface area contributed by atoms with Gasteiger partial charge in [0.25, 0.3) is 0 Å². The number of benzene rings is 2. The molecule has 1 aliphatic heterocycles. The number of aryl methyl sites for hydroxylation is 1. The van der Waals surface area contributed by atoms with Crippen LogP contribution in [-0.4, -0.2) is 21.5 Å². The molecule has 1 aliphatic rings. The van der Waals surface area contributed by atoms with E-state index in [4.69, 9.17) is 11.6 Å². The molecule has 0 saturated carbocycles. The molecule has 0 spiro atoms. The summed E-state index contributed by atoms with van der Waals surface area (Å²) in [5.41, 5.74) is 9.25. The van der Waals surface area contributed by atoms with E-state index in [2.05, 4.69) is 25.7 Å². The molecule has 2 unspecified atom stereocenters. The van der Waals surface area contributed by atoms with Gasteiger partial charge in [0.2, 0.25) is 5.91 Å². The molecular formula is C21H22ClN5O. The van der Waals surface area contributed by atoms with Gasteiger partial charge in [0, 0.05) is 35.7 Å². The summed E-state index contributed by atoms with van der Waals surface area (Å²) in [4.78, 5) is 16.8. The quantitative estimate of drug-likeness (QED) is 0.619. The molecule has 7 heteroatoms. The molecule has 6 nitrogen and oxygen atoms in total. The van der Waals surface area contributed by atoms with Crippen molar-refractivity contribution in [2.45, 2.75) is 32.0 Å². The lowest BCUT2D eigenvalue weighted by molar-refractivity contribution is -0.117. The fourth-order valence-corrected chi connectivity index (χ4v) is 3.56. The number of hydrogen-bond acceptors (Lipinski definition) is 4. The Morgan fingerprint density at radius 2 is 2.07 bits per heavy atom. The summed E-state index contributed by atoms with van der Waals surface area (Å²) in [5.74, 6) is 0.918. The number of nitrogens with one attached hydrogen (secondary N) is 3. The van der Waals surface area contributed by atoms with Crippen LogP contribution >= 0.6 is 11.6 Å². The summed E-state index contributed by atoms with van der Waals surface area (Å²) >= 11 is 6.06. The fraction of sp³-hybridized carbons (Fsp3) is 0.238. The highest BCUT2D eigenvalue weighted by atomic mass is 35.5. The van der Waals surface area contributed by atoms with E-state index < -0.39 is 0 Å². The standard InChI is InChI=1S/C21H22ClN5O/c1-14-23-9-10-27(14)13-15-5-7-18(8-6-15)24-21(28)20-12-19(25-26-20)16-3-2-4-17(22)11-16/h2-11,19-20,25-26H,12-13H2,1H3,(H,24,28). The van der Waals surface area contributed by atoms with Gasteiger partial charge in [-0.05, 0) is 48.7 Å². The van der Waals surface area contributed by atoms with Gasteiger partial charge in [0.15, 0.2) is 0 Å². The molecule has 0 radical (unpaired) electrons. The maximum Gasteiger partial charge on any atom is 0.242 e. The van der Waals surface area contributed by atoms with Gasteiger partial charge in [-0.15, -0.1) is 0 Å². The van der Waals surface area contributed by atoms with Crippen molar-refractivity contribution in [3.8, 4) is 0 Å². The number of aromatic nitrogens is 2. The number of imidazole rings is 1. The van der Waals surface area contributed by atoms with Crippen molar-refractivity contribution in [1.82, 2.24) is 20.4 Å². The van der Waals surface area contributed by atoms with Crippen LogP contribution in [-0.2, 0) is 11.3 Å². The van der Waals surface area contributed by atoms with Crippen molar-refractivity contribution in [2.75, 3.05) is 5.32 Å². The predicted molar refractivity (Wildman–Crippen MR) is 110 cm³/mol. The van der Waals surface area contributed by atoms with Crippen molar-refractivity contribution in [3.05, 3.63) is 82.9 Å². The van der Waals surface area contributed by atoms with E-state index in [9.17, 15) is 4.79 Å². The minimum atomic E-state index is -0.308. The van der Waals surface area contributed by atoms with E-state index in [1.54, 1.807) is 6.20 Å². The minimum absolute atomic E-state index is 0.0512. The molecule has 1 fully saturated rings. The number of carbonyl (C=O) groups excluding carboxylic acids is 1. The summed E-state index contributed by atoms with van der Waals surface area (Å²) in [6, 6.07) is 15.3. The van der Waals surface area contributed by atoms with Crippen molar-refractivity contribution in [2.24, 2.45) is 0 Å². The highest BCUT2D eigenvalue weighted by molar-refractivity contribution is 6.30. The van der Waals surface area contributed by atoms with Crippen LogP contribution in [0.1, 0.15) is 29.4 Å². The molecule has 1 aromatic heterocycles. The largest absolute Gasteiger partial charge is 0.331 e. The first-order valence-corrected chi connectivity index (χ1v) is 9.60. The molecule has 2 atom stereocenters. The maximum atomic E-state index is 12.6.